The van der Waals surface area contributed by atoms with Crippen LogP contribution >= 0.6 is 11.6 Å². The Morgan fingerprint density at radius 2 is 1.74 bits per heavy atom. The minimum Gasteiger partial charge on any atom is -0.388 e. The van der Waals surface area contributed by atoms with Gasteiger partial charge >= 0.3 is 6.18 Å². The second-order valence-corrected chi connectivity index (χ2v) is 10.7. The normalized spacial score (nSPS) is 16.0. The summed E-state index contributed by atoms with van der Waals surface area (Å²) in [5.41, 5.74) is 3.32. The smallest absolute Gasteiger partial charge is 0.388 e. The van der Waals surface area contributed by atoms with Gasteiger partial charge in [0.2, 0.25) is 0 Å². The van der Waals surface area contributed by atoms with Crippen LogP contribution in [-0.4, -0.2) is 87.6 Å². The van der Waals surface area contributed by atoms with Crippen molar-refractivity contribution in [2.45, 2.75) is 12.7 Å². The molecule has 0 aliphatic carbocycles. The molecule has 7 nitrogen and oxygen atoms in total. The molecule has 1 aromatic heterocycles. The topological polar surface area (TPSA) is 60.9 Å². The number of likely N-dealkylation sites (N-methyl/N-ethyl adjacent to an activating group) is 1. The number of carbonyl (C=O) groups is 1. The van der Waals surface area contributed by atoms with Crippen molar-refractivity contribution in [2.24, 2.45) is 0 Å². The van der Waals surface area contributed by atoms with Crippen molar-refractivity contribution in [1.29, 1.82) is 0 Å². The summed E-state index contributed by atoms with van der Waals surface area (Å²) >= 11 is 6.20. The molecule has 11 heteroatoms. The molecule has 3 heterocycles. The fraction of sp³-hybridized carbons (Fsp3) is 0.375. The first-order valence-electron chi connectivity index (χ1n) is 14.0. The first-order valence-corrected chi connectivity index (χ1v) is 14.4. The van der Waals surface area contributed by atoms with Gasteiger partial charge < -0.3 is 19.9 Å². The highest BCUT2D eigenvalue weighted by molar-refractivity contribution is 6.31. The summed E-state index contributed by atoms with van der Waals surface area (Å²) in [6, 6.07) is 11.5. The zero-order valence-corrected chi connectivity index (χ0v) is 25.0. The summed E-state index contributed by atoms with van der Waals surface area (Å²) in [6.45, 7) is 6.75. The minimum absolute atomic E-state index is 0.0550. The number of benzene rings is 2. The second-order valence-electron chi connectivity index (χ2n) is 10.3. The minimum atomic E-state index is -4.43. The molecular formula is C32H35ClF3N5O2. The monoisotopic (exact) mass is 613 g/mol. The van der Waals surface area contributed by atoms with Crippen LogP contribution in [0, 0.1) is 11.8 Å². The van der Waals surface area contributed by atoms with E-state index in [1.54, 1.807) is 6.20 Å². The Hall–Kier alpha value is -3.62. The van der Waals surface area contributed by atoms with Crippen LogP contribution < -0.4 is 10.2 Å². The summed E-state index contributed by atoms with van der Waals surface area (Å²) in [6.07, 6.45) is -0.353. The molecule has 1 N–H and O–H groups in total. The standard InChI is InChI=1S/C18H18ClN3O.C14H17F3N2O/c1-20-16-4-5-18(19)15(11-16)3-2-14-10-17(13-21-12-14)22-6-8-23-9-7-22;1-18-4-6-19(7-5-18)9-12-3-2-11(10-20)8-13(12)14(15,16)17/h4-5,10-13,20H,6-9H2,1H3;2-3,8,10H,4-7,9H2,1H3. The third-order valence-corrected chi connectivity index (χ3v) is 7.59. The average molecular weight is 614 g/mol. The predicted molar refractivity (Wildman–Crippen MR) is 164 cm³/mol. The van der Waals surface area contributed by atoms with Crippen LogP contribution in [0.3, 0.4) is 0 Å². The summed E-state index contributed by atoms with van der Waals surface area (Å²) in [5.74, 6) is 6.28. The first kappa shape index (κ1) is 32.3. The highest BCUT2D eigenvalue weighted by Gasteiger charge is 2.34. The van der Waals surface area contributed by atoms with Crippen LogP contribution in [0.5, 0.6) is 0 Å². The van der Waals surface area contributed by atoms with Crippen molar-refractivity contribution in [3.05, 3.63) is 87.7 Å². The molecule has 0 unspecified atom stereocenters. The maximum absolute atomic E-state index is 13.0. The molecule has 0 saturated carbocycles. The highest BCUT2D eigenvalue weighted by Crippen LogP contribution is 2.33. The Kier molecular flexibility index (Phi) is 11.4. The van der Waals surface area contributed by atoms with Gasteiger partial charge in [-0.2, -0.15) is 13.2 Å². The third kappa shape index (κ3) is 9.43. The molecule has 43 heavy (non-hydrogen) atoms. The van der Waals surface area contributed by atoms with Crippen LogP contribution in [-0.2, 0) is 17.5 Å². The molecule has 0 bridgehead atoms. The van der Waals surface area contributed by atoms with Crippen LogP contribution in [0.25, 0.3) is 0 Å². The number of hydrogen-bond acceptors (Lipinski definition) is 7. The van der Waals surface area contributed by atoms with Crippen molar-refractivity contribution < 1.29 is 22.7 Å². The van der Waals surface area contributed by atoms with Gasteiger partial charge in [-0.25, -0.2) is 0 Å². The molecule has 2 aromatic carbocycles. The summed E-state index contributed by atoms with van der Waals surface area (Å²) < 4.78 is 44.5. The van der Waals surface area contributed by atoms with Crippen molar-refractivity contribution in [2.75, 3.05) is 76.8 Å². The molecule has 2 saturated heterocycles. The van der Waals surface area contributed by atoms with Gasteiger partial charge in [-0.1, -0.05) is 35.6 Å². The lowest BCUT2D eigenvalue weighted by molar-refractivity contribution is -0.138. The Labute approximate surface area is 255 Å². The lowest BCUT2D eigenvalue weighted by Gasteiger charge is -2.32. The number of halogens is 4. The quantitative estimate of drug-likeness (QED) is 0.310. The number of anilines is 2. The number of aldehydes is 1. The van der Waals surface area contributed by atoms with Gasteiger partial charge in [0.25, 0.3) is 0 Å². The van der Waals surface area contributed by atoms with Gasteiger partial charge in [-0.05, 0) is 42.9 Å². The van der Waals surface area contributed by atoms with Gasteiger partial charge in [0.1, 0.15) is 6.29 Å². The number of morpholine rings is 1. The van der Waals surface area contributed by atoms with E-state index in [0.717, 1.165) is 81.1 Å². The number of nitrogens with zero attached hydrogens (tertiary/aromatic N) is 4. The van der Waals surface area contributed by atoms with Gasteiger partial charge in [0, 0.05) is 81.4 Å². The van der Waals surface area contributed by atoms with E-state index >= 15 is 0 Å². The number of alkyl halides is 3. The summed E-state index contributed by atoms with van der Waals surface area (Å²) in [7, 11) is 3.87. The van der Waals surface area contributed by atoms with E-state index in [0.29, 0.717) is 11.3 Å². The number of rotatable bonds is 5. The number of ether oxygens (including phenoxy) is 1. The molecule has 5 rings (SSSR count). The first-order chi connectivity index (χ1) is 20.7. The van der Waals surface area contributed by atoms with Crippen molar-refractivity contribution >= 4 is 29.3 Å². The number of carbonyl (C=O) groups excluding carboxylic acids is 1. The average Bonchev–Trinajstić information content (AvgIpc) is 3.02. The summed E-state index contributed by atoms with van der Waals surface area (Å²) in [4.78, 5) is 21.4. The van der Waals surface area contributed by atoms with E-state index in [2.05, 4.69) is 38.0 Å². The molecule has 228 valence electrons. The molecule has 0 amide bonds. The van der Waals surface area contributed by atoms with Crippen molar-refractivity contribution in [3.8, 4) is 11.8 Å². The molecule has 0 spiro atoms. The van der Waals surface area contributed by atoms with Gasteiger partial charge in [-0.3, -0.25) is 14.7 Å². The van der Waals surface area contributed by atoms with Crippen LogP contribution in [0.1, 0.15) is 32.6 Å². The fourth-order valence-electron chi connectivity index (χ4n) is 4.72. The lowest BCUT2D eigenvalue weighted by Crippen LogP contribution is -2.44. The zero-order valence-electron chi connectivity index (χ0n) is 24.3. The zero-order chi connectivity index (χ0) is 30.8. The van der Waals surface area contributed by atoms with Gasteiger partial charge in [0.05, 0.1) is 35.7 Å². The Morgan fingerprint density at radius 1 is 1.00 bits per heavy atom. The number of nitrogens with one attached hydrogen (secondary N) is 1. The van der Waals surface area contributed by atoms with Crippen LogP contribution in [0.2, 0.25) is 5.02 Å². The maximum Gasteiger partial charge on any atom is 0.416 e. The van der Waals surface area contributed by atoms with Crippen LogP contribution in [0.15, 0.2) is 54.9 Å². The molecule has 2 aliphatic heterocycles. The molecule has 0 atom stereocenters. The van der Waals surface area contributed by atoms with E-state index in [4.69, 9.17) is 16.3 Å². The van der Waals surface area contributed by atoms with Crippen LogP contribution in [0.4, 0.5) is 24.5 Å². The van der Waals surface area contributed by atoms with E-state index in [1.165, 1.54) is 12.1 Å². The third-order valence-electron chi connectivity index (χ3n) is 7.26. The molecule has 0 radical (unpaired) electrons. The summed E-state index contributed by atoms with van der Waals surface area (Å²) in [5, 5.41) is 3.73. The number of hydrogen-bond donors (Lipinski definition) is 1. The highest BCUT2D eigenvalue weighted by atomic mass is 35.5. The van der Waals surface area contributed by atoms with Crippen molar-refractivity contribution in [3.63, 3.8) is 0 Å². The SMILES string of the molecule is CN1CCN(Cc2ccc(C=O)cc2C(F)(F)F)CC1.CNc1ccc(Cl)c(C#Cc2cncc(N3CCOCC3)c2)c1. The molecule has 3 aromatic rings. The van der Waals surface area contributed by atoms with Crippen molar-refractivity contribution in [1.82, 2.24) is 14.8 Å². The number of aromatic nitrogens is 1. The maximum atomic E-state index is 13.0. The number of piperazine rings is 1. The molecule has 2 fully saturated rings. The van der Waals surface area contributed by atoms with Gasteiger partial charge in [-0.15, -0.1) is 0 Å². The predicted octanol–water partition coefficient (Wildman–Crippen LogP) is 5.28. The van der Waals surface area contributed by atoms with E-state index < -0.39 is 11.7 Å². The Morgan fingerprint density at radius 3 is 2.42 bits per heavy atom. The largest absolute Gasteiger partial charge is 0.416 e. The Balaban J connectivity index is 0.000000199. The fourth-order valence-corrected chi connectivity index (χ4v) is 4.89. The molecule has 2 aliphatic rings. The van der Waals surface area contributed by atoms with E-state index in [1.807, 2.05) is 43.4 Å². The van der Waals surface area contributed by atoms with E-state index in [-0.39, 0.29) is 17.7 Å². The number of pyridine rings is 1. The lowest BCUT2D eigenvalue weighted by atomic mass is 10.0. The van der Waals surface area contributed by atoms with Gasteiger partial charge in [0.15, 0.2) is 0 Å². The molecular weight excluding hydrogens is 579 g/mol. The second kappa shape index (κ2) is 15.2. The Bertz CT molecular complexity index is 1440. The van der Waals surface area contributed by atoms with E-state index in [9.17, 15) is 18.0 Å².